The van der Waals surface area contributed by atoms with Gasteiger partial charge in [-0.25, -0.2) is 4.79 Å². The van der Waals surface area contributed by atoms with E-state index in [1.807, 2.05) is 6.07 Å². The maximum atomic E-state index is 11.8. The maximum Gasteiger partial charge on any atom is 0.331 e. The number of esters is 1. The summed E-state index contributed by atoms with van der Waals surface area (Å²) in [5.41, 5.74) is 2.14. The van der Waals surface area contributed by atoms with Gasteiger partial charge >= 0.3 is 5.97 Å². The fourth-order valence-electron chi connectivity index (χ4n) is 3.50. The first-order valence-corrected chi connectivity index (χ1v) is 6.56. The molecule has 0 spiro atoms. The molecule has 1 fully saturated rings. The molecule has 3 heteroatoms. The summed E-state index contributed by atoms with van der Waals surface area (Å²) in [4.78, 5) is 11.8. The van der Waals surface area contributed by atoms with Gasteiger partial charge in [-0.15, -0.1) is 0 Å². The summed E-state index contributed by atoms with van der Waals surface area (Å²) in [6.45, 7) is 4.41. The van der Waals surface area contributed by atoms with E-state index in [0.29, 0.717) is 5.92 Å². The minimum absolute atomic E-state index is 0.0740. The fraction of sp³-hybridized carbons (Fsp3) is 0.533. The van der Waals surface area contributed by atoms with Gasteiger partial charge in [0, 0.05) is 17.1 Å². The molecule has 1 saturated carbocycles. The zero-order valence-electron chi connectivity index (χ0n) is 10.8. The first kappa shape index (κ1) is 11.6. The van der Waals surface area contributed by atoms with E-state index in [-0.39, 0.29) is 17.5 Å². The van der Waals surface area contributed by atoms with Crippen LogP contribution in [0.5, 0.6) is 0 Å². The van der Waals surface area contributed by atoms with Crippen molar-refractivity contribution in [3.63, 3.8) is 0 Å². The third kappa shape index (κ3) is 1.61. The highest BCUT2D eigenvalue weighted by Crippen LogP contribution is 2.54. The maximum absolute atomic E-state index is 11.8. The summed E-state index contributed by atoms with van der Waals surface area (Å²) < 4.78 is 10.7. The molecule has 0 N–H and O–H groups in total. The van der Waals surface area contributed by atoms with Crippen LogP contribution in [0.15, 0.2) is 34.7 Å². The van der Waals surface area contributed by atoms with Crippen LogP contribution in [0, 0.1) is 11.3 Å². The number of rotatable bonds is 1. The standard InChI is InChI=1S/C15H18O3/c1-10-4-3-6-15(2)12(10)8-13(16)18-14(15)11-5-7-17-9-11/h5,7-10,14H,3-4,6H2,1-2H3/t10-,14+,15-/m1/s1. The number of hydrogen-bond donors (Lipinski definition) is 0. The Morgan fingerprint density at radius 1 is 1.44 bits per heavy atom. The van der Waals surface area contributed by atoms with Gasteiger partial charge in [0.25, 0.3) is 0 Å². The average molecular weight is 246 g/mol. The first-order chi connectivity index (χ1) is 8.61. The van der Waals surface area contributed by atoms with E-state index in [1.165, 1.54) is 12.0 Å². The topological polar surface area (TPSA) is 39.4 Å². The zero-order valence-corrected chi connectivity index (χ0v) is 10.8. The molecule has 0 saturated heterocycles. The molecule has 2 aliphatic rings. The van der Waals surface area contributed by atoms with E-state index in [4.69, 9.17) is 9.15 Å². The van der Waals surface area contributed by atoms with Crippen molar-refractivity contribution >= 4 is 5.97 Å². The van der Waals surface area contributed by atoms with E-state index in [9.17, 15) is 4.79 Å². The van der Waals surface area contributed by atoms with E-state index in [0.717, 1.165) is 18.4 Å². The molecule has 1 aliphatic carbocycles. The Kier molecular flexibility index (Phi) is 2.58. The Morgan fingerprint density at radius 2 is 2.28 bits per heavy atom. The fourth-order valence-corrected chi connectivity index (χ4v) is 3.50. The smallest absolute Gasteiger partial charge is 0.331 e. The Bertz CT molecular complexity index is 486. The van der Waals surface area contributed by atoms with Crippen LogP contribution in [0.2, 0.25) is 0 Å². The third-order valence-corrected chi connectivity index (χ3v) is 4.46. The minimum atomic E-state index is -0.220. The van der Waals surface area contributed by atoms with Gasteiger partial charge in [0.1, 0.15) is 6.10 Å². The Balaban J connectivity index is 2.06. The number of fused-ring (bicyclic) bond motifs is 1. The number of ether oxygens (including phenoxy) is 1. The first-order valence-electron chi connectivity index (χ1n) is 6.56. The highest BCUT2D eigenvalue weighted by atomic mass is 16.5. The lowest BCUT2D eigenvalue weighted by molar-refractivity contribution is -0.153. The van der Waals surface area contributed by atoms with Gasteiger partial charge in [0.05, 0.1) is 12.5 Å². The van der Waals surface area contributed by atoms with Crippen LogP contribution >= 0.6 is 0 Å². The monoisotopic (exact) mass is 246 g/mol. The van der Waals surface area contributed by atoms with E-state index in [1.54, 1.807) is 18.6 Å². The number of cyclic esters (lactones) is 1. The van der Waals surface area contributed by atoms with Crippen molar-refractivity contribution in [3.8, 4) is 0 Å². The van der Waals surface area contributed by atoms with Crippen molar-refractivity contribution in [1.29, 1.82) is 0 Å². The molecule has 3 nitrogen and oxygen atoms in total. The van der Waals surface area contributed by atoms with E-state index >= 15 is 0 Å². The van der Waals surface area contributed by atoms with Gasteiger partial charge in [-0.3, -0.25) is 0 Å². The molecular formula is C15H18O3. The van der Waals surface area contributed by atoms with Crippen molar-refractivity contribution in [2.24, 2.45) is 11.3 Å². The van der Waals surface area contributed by atoms with Crippen LogP contribution in [0.1, 0.15) is 44.8 Å². The lowest BCUT2D eigenvalue weighted by atomic mass is 9.62. The molecule has 0 bridgehead atoms. The number of carbonyl (C=O) groups excluding carboxylic acids is 1. The Labute approximate surface area is 107 Å². The molecule has 3 atom stereocenters. The van der Waals surface area contributed by atoms with Gasteiger partial charge in [-0.05, 0) is 24.8 Å². The normalized spacial score (nSPS) is 35.7. The summed E-state index contributed by atoms with van der Waals surface area (Å²) in [5, 5.41) is 0. The quantitative estimate of drug-likeness (QED) is 0.710. The highest BCUT2D eigenvalue weighted by molar-refractivity contribution is 5.84. The predicted octanol–water partition coefficient (Wildman–Crippen LogP) is 3.63. The predicted molar refractivity (Wildman–Crippen MR) is 66.7 cm³/mol. The van der Waals surface area contributed by atoms with Crippen LogP contribution in [0.4, 0.5) is 0 Å². The summed E-state index contributed by atoms with van der Waals surface area (Å²) >= 11 is 0. The van der Waals surface area contributed by atoms with Crippen molar-refractivity contribution in [2.75, 3.05) is 0 Å². The Hall–Kier alpha value is -1.51. The number of hydrogen-bond acceptors (Lipinski definition) is 3. The number of carbonyl (C=O) groups is 1. The Morgan fingerprint density at radius 3 is 3.00 bits per heavy atom. The van der Waals surface area contributed by atoms with Gasteiger partial charge < -0.3 is 9.15 Å². The average Bonchev–Trinajstić information content (AvgIpc) is 2.84. The van der Waals surface area contributed by atoms with Crippen molar-refractivity contribution < 1.29 is 13.9 Å². The summed E-state index contributed by atoms with van der Waals surface area (Å²) in [5.74, 6) is 0.244. The van der Waals surface area contributed by atoms with Gasteiger partial charge in [0.15, 0.2) is 0 Å². The van der Waals surface area contributed by atoms with E-state index in [2.05, 4.69) is 13.8 Å². The minimum Gasteiger partial charge on any atom is -0.472 e. The lowest BCUT2D eigenvalue weighted by Crippen LogP contribution is -2.39. The second-order valence-corrected chi connectivity index (χ2v) is 5.68. The SMILES string of the molecule is C[C@@H]1CCC[C@]2(C)C1=CC(=O)O[C@H]2c1ccoc1. The molecule has 0 amide bonds. The van der Waals surface area contributed by atoms with Crippen LogP contribution < -0.4 is 0 Å². The van der Waals surface area contributed by atoms with Crippen LogP contribution in [0.25, 0.3) is 0 Å². The second-order valence-electron chi connectivity index (χ2n) is 5.68. The molecule has 0 unspecified atom stereocenters. The molecule has 1 aliphatic heterocycles. The zero-order chi connectivity index (χ0) is 12.8. The van der Waals surface area contributed by atoms with Crippen LogP contribution in [-0.4, -0.2) is 5.97 Å². The van der Waals surface area contributed by atoms with Gasteiger partial charge in [-0.1, -0.05) is 25.8 Å². The molecule has 1 aromatic rings. The largest absolute Gasteiger partial charge is 0.472 e. The van der Waals surface area contributed by atoms with Gasteiger partial charge in [-0.2, -0.15) is 0 Å². The molecule has 0 aromatic carbocycles. The van der Waals surface area contributed by atoms with Crippen molar-refractivity contribution in [2.45, 2.75) is 39.2 Å². The molecule has 0 radical (unpaired) electrons. The molecular weight excluding hydrogens is 228 g/mol. The molecule has 18 heavy (non-hydrogen) atoms. The van der Waals surface area contributed by atoms with E-state index < -0.39 is 0 Å². The third-order valence-electron chi connectivity index (χ3n) is 4.46. The molecule has 2 heterocycles. The van der Waals surface area contributed by atoms with Gasteiger partial charge in [0.2, 0.25) is 0 Å². The highest BCUT2D eigenvalue weighted by Gasteiger charge is 2.47. The molecule has 1 aromatic heterocycles. The van der Waals surface area contributed by atoms with Crippen molar-refractivity contribution in [1.82, 2.24) is 0 Å². The lowest BCUT2D eigenvalue weighted by Gasteiger charge is -2.46. The van der Waals surface area contributed by atoms with Crippen molar-refractivity contribution in [3.05, 3.63) is 35.8 Å². The second kappa shape index (κ2) is 4.01. The van der Waals surface area contributed by atoms with Crippen LogP contribution in [0.3, 0.4) is 0 Å². The summed E-state index contributed by atoms with van der Waals surface area (Å²) in [6.07, 6.45) is 8.23. The molecule has 96 valence electrons. The molecule has 3 rings (SSSR count). The van der Waals surface area contributed by atoms with Crippen LogP contribution in [-0.2, 0) is 9.53 Å². The summed E-state index contributed by atoms with van der Waals surface area (Å²) in [7, 11) is 0. The summed E-state index contributed by atoms with van der Waals surface area (Å²) in [6, 6.07) is 1.89. The number of furan rings is 1.